The molecule has 0 aliphatic rings. The van der Waals surface area contributed by atoms with Crippen LogP contribution in [0.15, 0.2) is 76.2 Å². The van der Waals surface area contributed by atoms with Crippen molar-refractivity contribution >= 4 is 60.6 Å². The second-order valence-electron chi connectivity index (χ2n) is 7.43. The van der Waals surface area contributed by atoms with Gasteiger partial charge in [-0.25, -0.2) is 17.7 Å². The number of fused-ring (bicyclic) bond motifs is 1. The van der Waals surface area contributed by atoms with E-state index in [9.17, 15) is 8.42 Å². The number of nitrogens with zero attached hydrogens (tertiary/aromatic N) is 3. The molecular weight excluding hydrogens is 547 g/mol. The van der Waals surface area contributed by atoms with E-state index in [1.54, 1.807) is 7.05 Å². The molecule has 33 heavy (non-hydrogen) atoms. The highest BCUT2D eigenvalue weighted by molar-refractivity contribution is 9.10. The van der Waals surface area contributed by atoms with Crippen molar-refractivity contribution in [1.29, 1.82) is 0 Å². The minimum absolute atomic E-state index is 0.118. The average Bonchev–Trinajstić information content (AvgIpc) is 3.19. The van der Waals surface area contributed by atoms with Gasteiger partial charge in [0.15, 0.2) is 5.65 Å². The normalized spacial score (nSPS) is 11.9. The summed E-state index contributed by atoms with van der Waals surface area (Å²) in [6.07, 6.45) is 2.54. The van der Waals surface area contributed by atoms with Crippen LogP contribution >= 0.6 is 39.1 Å². The van der Waals surface area contributed by atoms with Gasteiger partial charge in [0, 0.05) is 38.0 Å². The second-order valence-corrected chi connectivity index (χ2v) is 11.1. The minimum Gasteiger partial charge on any atom is -0.371 e. The van der Waals surface area contributed by atoms with Gasteiger partial charge in [0.25, 0.3) is 0 Å². The first-order valence-corrected chi connectivity index (χ1v) is 13.1. The third kappa shape index (κ3) is 5.20. The molecule has 4 aromatic rings. The highest BCUT2D eigenvalue weighted by Gasteiger charge is 2.21. The summed E-state index contributed by atoms with van der Waals surface area (Å²) in [5.74, 6) is 0.875. The van der Waals surface area contributed by atoms with E-state index in [0.717, 1.165) is 27.2 Å². The molecule has 6 nitrogen and oxygen atoms in total. The molecule has 0 saturated carbocycles. The largest absolute Gasteiger partial charge is 0.371 e. The Morgan fingerprint density at radius 3 is 2.55 bits per heavy atom. The van der Waals surface area contributed by atoms with E-state index in [0.29, 0.717) is 24.5 Å². The third-order valence-electron chi connectivity index (χ3n) is 5.20. The maximum atomic E-state index is 12.8. The van der Waals surface area contributed by atoms with E-state index in [2.05, 4.69) is 21.2 Å². The van der Waals surface area contributed by atoms with Crippen LogP contribution in [0.3, 0.4) is 0 Å². The van der Waals surface area contributed by atoms with Crippen molar-refractivity contribution in [2.75, 3.05) is 25.5 Å². The van der Waals surface area contributed by atoms with E-state index in [4.69, 9.17) is 28.2 Å². The molecule has 0 radical (unpaired) electrons. The molecule has 0 fully saturated rings. The fourth-order valence-electron chi connectivity index (χ4n) is 3.40. The zero-order valence-electron chi connectivity index (χ0n) is 17.7. The van der Waals surface area contributed by atoms with Crippen LogP contribution in [0.2, 0.25) is 10.0 Å². The summed E-state index contributed by atoms with van der Waals surface area (Å²) in [6.45, 7) is 0.912. The predicted octanol–water partition coefficient (Wildman–Crippen LogP) is 6.19. The Bertz CT molecular complexity index is 1390. The standard InChI is InChI=1S/C23H21BrCl2N4O2S/c1-29(33(31,32)17-8-9-19(25)20(26)14-17)12-5-11-27-22-15-21(16-6-3-2-4-7-16)28-23-18(24)10-13-30(22)23/h2-4,6-10,13-15,27H,5,11-12H2,1H3. The number of nitrogens with one attached hydrogen (secondary N) is 1. The zero-order valence-corrected chi connectivity index (χ0v) is 21.6. The van der Waals surface area contributed by atoms with Gasteiger partial charge in [-0.2, -0.15) is 0 Å². The highest BCUT2D eigenvalue weighted by Crippen LogP contribution is 2.28. The Morgan fingerprint density at radius 2 is 1.82 bits per heavy atom. The van der Waals surface area contributed by atoms with Crippen LogP contribution < -0.4 is 5.32 Å². The van der Waals surface area contributed by atoms with Crippen LogP contribution in [0, 0.1) is 0 Å². The van der Waals surface area contributed by atoms with Gasteiger partial charge < -0.3 is 5.32 Å². The van der Waals surface area contributed by atoms with Crippen LogP contribution in [0.5, 0.6) is 0 Å². The van der Waals surface area contributed by atoms with Crippen molar-refractivity contribution in [2.45, 2.75) is 11.3 Å². The molecule has 0 amide bonds. The maximum absolute atomic E-state index is 12.8. The van der Waals surface area contributed by atoms with Crippen LogP contribution in [0.1, 0.15) is 6.42 Å². The van der Waals surface area contributed by atoms with Gasteiger partial charge in [-0.1, -0.05) is 53.5 Å². The van der Waals surface area contributed by atoms with Crippen molar-refractivity contribution in [1.82, 2.24) is 13.7 Å². The van der Waals surface area contributed by atoms with Crippen molar-refractivity contribution in [3.8, 4) is 11.3 Å². The van der Waals surface area contributed by atoms with Gasteiger partial charge in [-0.05, 0) is 46.6 Å². The van der Waals surface area contributed by atoms with Crippen LogP contribution in [0.25, 0.3) is 16.9 Å². The Morgan fingerprint density at radius 1 is 1.06 bits per heavy atom. The quantitative estimate of drug-likeness (QED) is 0.258. The lowest BCUT2D eigenvalue weighted by molar-refractivity contribution is 0.465. The van der Waals surface area contributed by atoms with Gasteiger partial charge in [0.05, 0.1) is 25.1 Å². The topological polar surface area (TPSA) is 66.7 Å². The summed E-state index contributed by atoms with van der Waals surface area (Å²) < 4.78 is 29.8. The number of hydrogen-bond donors (Lipinski definition) is 1. The second kappa shape index (κ2) is 10.0. The van der Waals surface area contributed by atoms with Crippen molar-refractivity contribution < 1.29 is 8.42 Å². The molecule has 10 heteroatoms. The fourth-order valence-corrected chi connectivity index (χ4v) is 5.39. The molecule has 2 aromatic heterocycles. The van der Waals surface area contributed by atoms with Gasteiger partial charge in [-0.3, -0.25) is 4.40 Å². The lowest BCUT2D eigenvalue weighted by Crippen LogP contribution is -2.29. The van der Waals surface area contributed by atoms with Crippen molar-refractivity contribution in [3.05, 3.63) is 81.4 Å². The smallest absolute Gasteiger partial charge is 0.242 e. The van der Waals surface area contributed by atoms with Gasteiger partial charge >= 0.3 is 0 Å². The molecule has 2 aromatic carbocycles. The molecule has 1 N–H and O–H groups in total. The summed E-state index contributed by atoms with van der Waals surface area (Å²) in [5, 5.41) is 3.94. The summed E-state index contributed by atoms with van der Waals surface area (Å²) >= 11 is 15.5. The first-order chi connectivity index (χ1) is 15.8. The lowest BCUT2D eigenvalue weighted by Gasteiger charge is -2.18. The summed E-state index contributed by atoms with van der Waals surface area (Å²) in [5.41, 5.74) is 2.67. The first kappa shape index (κ1) is 24.0. The number of anilines is 1. The number of benzene rings is 2. The van der Waals surface area contributed by atoms with E-state index in [1.807, 2.05) is 53.1 Å². The van der Waals surface area contributed by atoms with Gasteiger partial charge in [0.2, 0.25) is 10.0 Å². The van der Waals surface area contributed by atoms with Crippen LogP contribution in [-0.4, -0.2) is 42.2 Å². The molecule has 0 aliphatic heterocycles. The number of rotatable bonds is 8. The summed E-state index contributed by atoms with van der Waals surface area (Å²) in [7, 11) is -2.10. The first-order valence-electron chi connectivity index (χ1n) is 10.2. The van der Waals surface area contributed by atoms with Crippen LogP contribution in [0.4, 0.5) is 5.82 Å². The Kier molecular flexibility index (Phi) is 7.31. The summed E-state index contributed by atoms with van der Waals surface area (Å²) in [4.78, 5) is 4.89. The molecule has 0 saturated heterocycles. The Balaban J connectivity index is 1.46. The number of hydrogen-bond acceptors (Lipinski definition) is 4. The predicted molar refractivity (Wildman–Crippen MR) is 138 cm³/mol. The van der Waals surface area contributed by atoms with Crippen LogP contribution in [-0.2, 0) is 10.0 Å². The number of halogens is 3. The van der Waals surface area contributed by atoms with Crippen molar-refractivity contribution in [2.24, 2.45) is 0 Å². The van der Waals surface area contributed by atoms with E-state index < -0.39 is 10.0 Å². The molecule has 0 atom stereocenters. The maximum Gasteiger partial charge on any atom is 0.242 e. The van der Waals surface area contributed by atoms with Gasteiger partial charge in [-0.15, -0.1) is 0 Å². The minimum atomic E-state index is -3.66. The Hall–Kier alpha value is -2.10. The van der Waals surface area contributed by atoms with Gasteiger partial charge in [0.1, 0.15) is 5.82 Å². The zero-order chi connectivity index (χ0) is 23.6. The highest BCUT2D eigenvalue weighted by atomic mass is 79.9. The molecule has 172 valence electrons. The number of aromatic nitrogens is 2. The molecule has 0 spiro atoms. The van der Waals surface area contributed by atoms with Crippen molar-refractivity contribution in [3.63, 3.8) is 0 Å². The Labute approximate surface area is 211 Å². The molecule has 2 heterocycles. The van der Waals surface area contributed by atoms with E-state index >= 15 is 0 Å². The monoisotopic (exact) mass is 566 g/mol. The number of sulfonamides is 1. The molecular formula is C23H21BrCl2N4O2S. The average molecular weight is 568 g/mol. The molecule has 0 aliphatic carbocycles. The van der Waals surface area contributed by atoms with E-state index in [-0.39, 0.29) is 9.92 Å². The summed E-state index contributed by atoms with van der Waals surface area (Å²) in [6, 6.07) is 18.2. The SMILES string of the molecule is CN(CCCNc1cc(-c2ccccc2)nc2c(Br)ccn12)S(=O)(=O)c1ccc(Cl)c(Cl)c1. The molecule has 0 bridgehead atoms. The molecule has 0 unspecified atom stereocenters. The third-order valence-corrected chi connectivity index (χ3v) is 8.41. The fraction of sp³-hybridized carbons (Fsp3) is 0.174. The molecule has 4 rings (SSSR count). The lowest BCUT2D eigenvalue weighted by atomic mass is 10.1. The van der Waals surface area contributed by atoms with E-state index in [1.165, 1.54) is 22.5 Å².